The highest BCUT2D eigenvalue weighted by Gasteiger charge is 2.16. The smallest absolute Gasteiger partial charge is 0.275 e. The molecule has 0 aliphatic carbocycles. The van der Waals surface area contributed by atoms with Gasteiger partial charge in [0, 0.05) is 8.95 Å². The zero-order chi connectivity index (χ0) is 15.6. The van der Waals surface area contributed by atoms with Crippen molar-refractivity contribution in [2.75, 3.05) is 10.7 Å². The van der Waals surface area contributed by atoms with E-state index in [4.69, 9.17) is 17.4 Å². The van der Waals surface area contributed by atoms with Crippen molar-refractivity contribution in [2.24, 2.45) is 5.84 Å². The summed E-state index contributed by atoms with van der Waals surface area (Å²) < 4.78 is 1.51. The molecule has 2 aromatic rings. The van der Waals surface area contributed by atoms with E-state index in [1.54, 1.807) is 12.1 Å². The number of nitrogens with two attached hydrogens (primary N) is 1. The fourth-order valence-electron chi connectivity index (χ4n) is 1.67. The van der Waals surface area contributed by atoms with E-state index in [1.165, 1.54) is 0 Å². The monoisotopic (exact) mass is 432 g/mol. The number of amides is 1. The van der Waals surface area contributed by atoms with Gasteiger partial charge in [0.15, 0.2) is 0 Å². The van der Waals surface area contributed by atoms with Crippen molar-refractivity contribution in [3.05, 3.63) is 49.5 Å². The van der Waals surface area contributed by atoms with Crippen LogP contribution < -0.4 is 16.6 Å². The highest BCUT2D eigenvalue weighted by Crippen LogP contribution is 2.33. The lowest BCUT2D eigenvalue weighted by molar-refractivity contribution is 0.102. The van der Waals surface area contributed by atoms with Gasteiger partial charge < -0.3 is 10.7 Å². The molecular weight excluding hydrogens is 423 g/mol. The van der Waals surface area contributed by atoms with Gasteiger partial charge in [0.2, 0.25) is 0 Å². The molecule has 21 heavy (non-hydrogen) atoms. The summed E-state index contributed by atoms with van der Waals surface area (Å²) >= 11 is 12.8. The molecule has 5 nitrogen and oxygen atoms in total. The lowest BCUT2D eigenvalue weighted by Crippen LogP contribution is -2.17. The molecule has 110 valence electrons. The van der Waals surface area contributed by atoms with Crippen molar-refractivity contribution >= 4 is 60.9 Å². The van der Waals surface area contributed by atoms with Crippen molar-refractivity contribution in [3.63, 3.8) is 0 Å². The number of nitrogen functional groups attached to an aromatic ring is 1. The first-order valence-corrected chi connectivity index (χ1v) is 7.79. The number of halogens is 3. The second-order valence-corrected chi connectivity index (χ2v) is 6.34. The second kappa shape index (κ2) is 6.74. The quantitative estimate of drug-likeness (QED) is 0.502. The fourth-order valence-corrected chi connectivity index (χ4v) is 3.48. The molecule has 0 saturated carbocycles. The highest BCUT2D eigenvalue weighted by molar-refractivity contribution is 9.11. The molecule has 0 spiro atoms. The maximum Gasteiger partial charge on any atom is 0.275 e. The van der Waals surface area contributed by atoms with Crippen LogP contribution in [0, 0.1) is 6.92 Å². The van der Waals surface area contributed by atoms with E-state index in [1.807, 2.05) is 19.1 Å². The first-order valence-electron chi connectivity index (χ1n) is 5.82. The van der Waals surface area contributed by atoms with Gasteiger partial charge >= 0.3 is 0 Å². The van der Waals surface area contributed by atoms with Crippen LogP contribution in [-0.2, 0) is 0 Å². The Morgan fingerprint density at radius 3 is 2.48 bits per heavy atom. The number of benzene rings is 1. The summed E-state index contributed by atoms with van der Waals surface area (Å²) in [6, 6.07) is 6.93. The lowest BCUT2D eigenvalue weighted by Gasteiger charge is -2.11. The van der Waals surface area contributed by atoms with Crippen molar-refractivity contribution in [1.29, 1.82) is 0 Å². The Morgan fingerprint density at radius 1 is 1.29 bits per heavy atom. The van der Waals surface area contributed by atoms with Crippen molar-refractivity contribution < 1.29 is 4.79 Å². The van der Waals surface area contributed by atoms with Gasteiger partial charge in [-0.3, -0.25) is 4.79 Å². The van der Waals surface area contributed by atoms with Crippen LogP contribution in [0.2, 0.25) is 5.02 Å². The van der Waals surface area contributed by atoms with E-state index in [0.717, 1.165) is 14.5 Å². The summed E-state index contributed by atoms with van der Waals surface area (Å²) in [5.41, 5.74) is 4.12. The van der Waals surface area contributed by atoms with Crippen LogP contribution in [-0.4, -0.2) is 10.9 Å². The summed E-state index contributed by atoms with van der Waals surface area (Å²) in [7, 11) is 0. The van der Waals surface area contributed by atoms with Gasteiger partial charge in [0.05, 0.1) is 10.7 Å². The number of anilines is 2. The predicted molar refractivity (Wildman–Crippen MR) is 91.6 cm³/mol. The number of carbonyl (C=O) groups is 1. The third kappa shape index (κ3) is 3.74. The van der Waals surface area contributed by atoms with Crippen LogP contribution in [0.3, 0.4) is 0 Å². The summed E-state index contributed by atoms with van der Waals surface area (Å²) in [4.78, 5) is 16.4. The molecule has 0 aliphatic heterocycles. The first-order chi connectivity index (χ1) is 9.92. The van der Waals surface area contributed by atoms with Gasteiger partial charge in [-0.2, -0.15) is 0 Å². The molecule has 0 unspecified atom stereocenters. The van der Waals surface area contributed by atoms with Crippen LogP contribution in [0.15, 0.2) is 33.2 Å². The van der Waals surface area contributed by atoms with Gasteiger partial charge in [0.25, 0.3) is 5.91 Å². The van der Waals surface area contributed by atoms with E-state index in [-0.39, 0.29) is 10.7 Å². The molecule has 0 radical (unpaired) electrons. The SMILES string of the molecule is Cc1cc(Br)c(NC(=O)c2nc(NN)ccc2Cl)c(Br)c1. The number of nitrogens with zero attached hydrogens (tertiary/aromatic N) is 1. The number of nitrogens with one attached hydrogen (secondary N) is 2. The Labute approximate surface area is 143 Å². The average Bonchev–Trinajstić information content (AvgIpc) is 2.43. The number of aromatic nitrogens is 1. The van der Waals surface area contributed by atoms with E-state index < -0.39 is 5.91 Å². The van der Waals surface area contributed by atoms with Crippen molar-refractivity contribution in [3.8, 4) is 0 Å². The molecule has 0 fully saturated rings. The van der Waals surface area contributed by atoms with E-state index in [2.05, 4.69) is 47.6 Å². The minimum Gasteiger partial charge on any atom is -0.319 e. The number of aryl methyl sites for hydroxylation is 1. The largest absolute Gasteiger partial charge is 0.319 e. The predicted octanol–water partition coefficient (Wildman–Crippen LogP) is 4.11. The van der Waals surface area contributed by atoms with Crippen molar-refractivity contribution in [2.45, 2.75) is 6.92 Å². The zero-order valence-electron chi connectivity index (χ0n) is 10.9. The Hall–Kier alpha value is -1.15. The number of hydrogen-bond acceptors (Lipinski definition) is 4. The molecule has 4 N–H and O–H groups in total. The number of hydrogen-bond donors (Lipinski definition) is 3. The summed E-state index contributed by atoms with van der Waals surface area (Å²) in [6.07, 6.45) is 0. The Morgan fingerprint density at radius 2 is 1.90 bits per heavy atom. The van der Waals surface area contributed by atoms with Gasteiger partial charge in [-0.05, 0) is 68.6 Å². The molecule has 1 heterocycles. The topological polar surface area (TPSA) is 80.0 Å². The zero-order valence-corrected chi connectivity index (χ0v) is 14.8. The fraction of sp³-hybridized carbons (Fsp3) is 0.0769. The molecule has 1 aromatic heterocycles. The highest BCUT2D eigenvalue weighted by atomic mass is 79.9. The molecule has 0 saturated heterocycles. The molecule has 0 aliphatic rings. The van der Waals surface area contributed by atoms with E-state index in [0.29, 0.717) is 11.5 Å². The molecule has 1 aromatic carbocycles. The first kappa shape index (κ1) is 16.2. The van der Waals surface area contributed by atoms with Crippen molar-refractivity contribution in [1.82, 2.24) is 4.98 Å². The number of rotatable bonds is 3. The molecular formula is C13H11Br2ClN4O. The molecule has 0 bridgehead atoms. The van der Waals surface area contributed by atoms with Crippen LogP contribution in [0.1, 0.15) is 16.1 Å². The van der Waals surface area contributed by atoms with Crippen LogP contribution in [0.4, 0.5) is 11.5 Å². The second-order valence-electron chi connectivity index (χ2n) is 4.23. The van der Waals surface area contributed by atoms with Crippen LogP contribution in [0.25, 0.3) is 0 Å². The number of hydrazine groups is 1. The maximum absolute atomic E-state index is 12.3. The molecule has 8 heteroatoms. The standard InChI is InChI=1S/C13H11Br2ClN4O/c1-6-4-7(14)11(8(15)5-6)19-13(21)12-9(16)2-3-10(18-12)20-17/h2-5H,17H2,1H3,(H,18,20)(H,19,21). The van der Waals surface area contributed by atoms with E-state index >= 15 is 0 Å². The van der Waals surface area contributed by atoms with Gasteiger partial charge in [-0.1, -0.05) is 11.6 Å². The third-order valence-corrected chi connectivity index (χ3v) is 4.19. The molecule has 0 atom stereocenters. The average molecular weight is 435 g/mol. The van der Waals surface area contributed by atoms with Crippen LogP contribution in [0.5, 0.6) is 0 Å². The third-order valence-electron chi connectivity index (χ3n) is 2.63. The Bertz CT molecular complexity index is 686. The minimum absolute atomic E-state index is 0.0893. The van der Waals surface area contributed by atoms with Gasteiger partial charge in [-0.15, -0.1) is 0 Å². The summed E-state index contributed by atoms with van der Waals surface area (Å²) in [5.74, 6) is 5.21. The summed E-state index contributed by atoms with van der Waals surface area (Å²) in [5, 5.41) is 3.01. The molecule has 2 rings (SSSR count). The number of carbonyl (C=O) groups excluding carboxylic acids is 1. The summed E-state index contributed by atoms with van der Waals surface area (Å²) in [6.45, 7) is 1.95. The normalized spacial score (nSPS) is 10.3. The number of pyridine rings is 1. The van der Waals surface area contributed by atoms with E-state index in [9.17, 15) is 4.79 Å². The van der Waals surface area contributed by atoms with Gasteiger partial charge in [0.1, 0.15) is 11.5 Å². The Balaban J connectivity index is 2.35. The van der Waals surface area contributed by atoms with Gasteiger partial charge in [-0.25, -0.2) is 10.8 Å². The Kier molecular flexibility index (Phi) is 5.21. The molecule has 1 amide bonds. The lowest BCUT2D eigenvalue weighted by atomic mass is 10.2. The maximum atomic E-state index is 12.3. The van der Waals surface area contributed by atoms with Crippen LogP contribution >= 0.6 is 43.5 Å². The minimum atomic E-state index is -0.428.